The molecule has 0 spiro atoms. The summed E-state index contributed by atoms with van der Waals surface area (Å²) in [5, 5.41) is 13.5. The molecule has 4 atom stereocenters. The first-order chi connectivity index (χ1) is 7.65. The second-order valence-corrected chi connectivity index (χ2v) is 3.85. The molecule has 86 valence electrons. The van der Waals surface area contributed by atoms with Crippen LogP contribution in [0.3, 0.4) is 0 Å². The first-order valence-corrected chi connectivity index (χ1v) is 5.08. The van der Waals surface area contributed by atoms with Crippen molar-refractivity contribution in [1.82, 2.24) is 5.32 Å². The maximum absolute atomic E-state index is 11.7. The SMILES string of the molecule is C=CCNC(=O)[C@@H]1[C@@H](C(=O)[O-])[C@@H]2C=C[C@H]1O2. The lowest BCUT2D eigenvalue weighted by molar-refractivity contribution is -0.313. The predicted molar refractivity (Wildman–Crippen MR) is 53.0 cm³/mol. The summed E-state index contributed by atoms with van der Waals surface area (Å²) in [7, 11) is 0. The normalized spacial score (nSPS) is 35.0. The van der Waals surface area contributed by atoms with Crippen molar-refractivity contribution in [3.63, 3.8) is 0 Å². The van der Waals surface area contributed by atoms with Gasteiger partial charge in [-0.2, -0.15) is 0 Å². The minimum atomic E-state index is -1.24. The first-order valence-electron chi connectivity index (χ1n) is 5.08. The highest BCUT2D eigenvalue weighted by atomic mass is 16.5. The number of ether oxygens (including phenoxy) is 1. The highest BCUT2D eigenvalue weighted by molar-refractivity contribution is 5.86. The summed E-state index contributed by atoms with van der Waals surface area (Å²) < 4.78 is 5.34. The van der Waals surface area contributed by atoms with E-state index >= 15 is 0 Å². The van der Waals surface area contributed by atoms with E-state index in [1.54, 1.807) is 12.2 Å². The summed E-state index contributed by atoms with van der Waals surface area (Å²) in [4.78, 5) is 22.7. The van der Waals surface area contributed by atoms with Gasteiger partial charge in [0.15, 0.2) is 0 Å². The van der Waals surface area contributed by atoms with E-state index in [0.717, 1.165) is 0 Å². The van der Waals surface area contributed by atoms with Crippen LogP contribution in [0, 0.1) is 11.8 Å². The molecule has 2 heterocycles. The summed E-state index contributed by atoms with van der Waals surface area (Å²) in [6.07, 6.45) is 3.95. The zero-order valence-electron chi connectivity index (χ0n) is 8.59. The molecule has 0 aromatic rings. The first kappa shape index (κ1) is 10.9. The van der Waals surface area contributed by atoms with Crippen LogP contribution in [0.4, 0.5) is 0 Å². The molecule has 2 rings (SSSR count). The van der Waals surface area contributed by atoms with Gasteiger partial charge in [0, 0.05) is 18.4 Å². The van der Waals surface area contributed by atoms with Crippen LogP contribution in [0.5, 0.6) is 0 Å². The Hall–Kier alpha value is -1.62. The van der Waals surface area contributed by atoms with E-state index in [4.69, 9.17) is 4.74 Å². The molecule has 1 fully saturated rings. The van der Waals surface area contributed by atoms with Crippen LogP contribution in [0.25, 0.3) is 0 Å². The minimum absolute atomic E-state index is 0.316. The predicted octanol–water partition coefficient (Wildman–Crippen LogP) is -1.39. The summed E-state index contributed by atoms with van der Waals surface area (Å²) in [5.41, 5.74) is 0. The molecule has 2 aliphatic rings. The Balaban J connectivity index is 2.13. The molecule has 0 saturated carbocycles. The second kappa shape index (κ2) is 4.09. The van der Waals surface area contributed by atoms with Gasteiger partial charge in [0.25, 0.3) is 0 Å². The summed E-state index contributed by atoms with van der Waals surface area (Å²) in [6.45, 7) is 3.79. The molecule has 2 bridgehead atoms. The number of rotatable bonds is 4. The van der Waals surface area contributed by atoms with Crippen molar-refractivity contribution in [2.75, 3.05) is 6.54 Å². The van der Waals surface area contributed by atoms with E-state index < -0.39 is 30.0 Å². The number of aliphatic carboxylic acids is 1. The zero-order valence-corrected chi connectivity index (χ0v) is 8.59. The largest absolute Gasteiger partial charge is 0.550 e. The van der Waals surface area contributed by atoms with Gasteiger partial charge in [0.2, 0.25) is 5.91 Å². The number of hydrogen-bond acceptors (Lipinski definition) is 4. The topological polar surface area (TPSA) is 78.5 Å². The van der Waals surface area contributed by atoms with Crippen molar-refractivity contribution in [2.24, 2.45) is 11.8 Å². The summed E-state index contributed by atoms with van der Waals surface area (Å²) in [6, 6.07) is 0. The van der Waals surface area contributed by atoms with Gasteiger partial charge in [-0.15, -0.1) is 6.58 Å². The molecule has 16 heavy (non-hydrogen) atoms. The van der Waals surface area contributed by atoms with E-state index in [9.17, 15) is 14.7 Å². The molecule has 0 aliphatic carbocycles. The smallest absolute Gasteiger partial charge is 0.227 e. The fourth-order valence-corrected chi connectivity index (χ4v) is 2.19. The average Bonchev–Trinajstić information content (AvgIpc) is 2.84. The lowest BCUT2D eigenvalue weighted by Gasteiger charge is -2.24. The van der Waals surface area contributed by atoms with E-state index in [1.807, 2.05) is 0 Å². The van der Waals surface area contributed by atoms with Crippen LogP contribution in [0.1, 0.15) is 0 Å². The summed E-state index contributed by atoms with van der Waals surface area (Å²) in [5.74, 6) is -3.15. The molecule has 1 N–H and O–H groups in total. The molecule has 0 aromatic carbocycles. The van der Waals surface area contributed by atoms with Crippen molar-refractivity contribution < 1.29 is 19.4 Å². The molecule has 2 aliphatic heterocycles. The number of nitrogens with one attached hydrogen (secondary N) is 1. The van der Waals surface area contributed by atoms with Crippen LogP contribution in [0.15, 0.2) is 24.8 Å². The number of carboxylic acid groups (broad SMARTS) is 1. The van der Waals surface area contributed by atoms with Gasteiger partial charge in [-0.05, 0) is 0 Å². The number of carbonyl (C=O) groups is 2. The average molecular weight is 222 g/mol. The van der Waals surface area contributed by atoms with Gasteiger partial charge in [-0.1, -0.05) is 18.2 Å². The second-order valence-electron chi connectivity index (χ2n) is 3.85. The summed E-state index contributed by atoms with van der Waals surface area (Å²) >= 11 is 0. The van der Waals surface area contributed by atoms with Crippen molar-refractivity contribution in [2.45, 2.75) is 12.2 Å². The van der Waals surface area contributed by atoms with Crippen LogP contribution in [0.2, 0.25) is 0 Å². The van der Waals surface area contributed by atoms with Crippen LogP contribution in [-0.4, -0.2) is 30.6 Å². The Morgan fingerprint density at radius 2 is 2.00 bits per heavy atom. The fourth-order valence-electron chi connectivity index (χ4n) is 2.19. The lowest BCUT2D eigenvalue weighted by atomic mass is 9.82. The fraction of sp³-hybridized carbons (Fsp3) is 0.455. The molecule has 0 radical (unpaired) electrons. The standard InChI is InChI=1S/C11H13NO4/c1-2-5-12-10(13)8-6-3-4-7(16-6)9(8)11(14)15/h2-4,6-9H,1,5H2,(H,12,13)(H,14,15)/p-1/t6-,7+,8+,9+/m1/s1. The van der Waals surface area contributed by atoms with Crippen LogP contribution in [-0.2, 0) is 14.3 Å². The maximum Gasteiger partial charge on any atom is 0.227 e. The molecule has 1 amide bonds. The number of hydrogen-bond donors (Lipinski definition) is 1. The molecule has 1 saturated heterocycles. The quantitative estimate of drug-likeness (QED) is 0.594. The van der Waals surface area contributed by atoms with Gasteiger partial charge in [-0.25, -0.2) is 0 Å². The van der Waals surface area contributed by atoms with E-state index in [1.165, 1.54) is 6.08 Å². The van der Waals surface area contributed by atoms with E-state index in [0.29, 0.717) is 6.54 Å². The number of carboxylic acids is 1. The molecule has 5 nitrogen and oxygen atoms in total. The molecular formula is C11H12NO4-. The van der Waals surface area contributed by atoms with Crippen molar-refractivity contribution in [3.05, 3.63) is 24.8 Å². The molecular weight excluding hydrogens is 210 g/mol. The monoisotopic (exact) mass is 222 g/mol. The third-order valence-corrected chi connectivity index (χ3v) is 2.90. The third kappa shape index (κ3) is 1.63. The third-order valence-electron chi connectivity index (χ3n) is 2.90. The Labute approximate surface area is 92.8 Å². The number of amides is 1. The number of carbonyl (C=O) groups excluding carboxylic acids is 2. The highest BCUT2D eigenvalue weighted by Gasteiger charge is 2.49. The minimum Gasteiger partial charge on any atom is -0.550 e. The van der Waals surface area contributed by atoms with Crippen molar-refractivity contribution in [1.29, 1.82) is 0 Å². The van der Waals surface area contributed by atoms with Crippen molar-refractivity contribution in [3.8, 4) is 0 Å². The van der Waals surface area contributed by atoms with Gasteiger partial charge < -0.3 is 20.0 Å². The van der Waals surface area contributed by atoms with E-state index in [2.05, 4.69) is 11.9 Å². The highest BCUT2D eigenvalue weighted by Crippen LogP contribution is 2.38. The van der Waals surface area contributed by atoms with Gasteiger partial charge >= 0.3 is 0 Å². The van der Waals surface area contributed by atoms with Gasteiger partial charge in [-0.3, -0.25) is 4.79 Å². The lowest BCUT2D eigenvalue weighted by Crippen LogP contribution is -2.47. The Kier molecular flexibility index (Phi) is 2.78. The Bertz CT molecular complexity index is 363. The van der Waals surface area contributed by atoms with Crippen LogP contribution >= 0.6 is 0 Å². The molecule has 5 heteroatoms. The molecule has 0 unspecified atom stereocenters. The number of fused-ring (bicyclic) bond motifs is 2. The van der Waals surface area contributed by atoms with E-state index in [-0.39, 0.29) is 5.91 Å². The Morgan fingerprint density at radius 1 is 1.38 bits per heavy atom. The maximum atomic E-state index is 11.7. The Morgan fingerprint density at radius 3 is 2.56 bits per heavy atom. The van der Waals surface area contributed by atoms with Gasteiger partial charge in [0.05, 0.1) is 18.1 Å². The van der Waals surface area contributed by atoms with Crippen LogP contribution < -0.4 is 10.4 Å². The molecule has 0 aromatic heterocycles. The van der Waals surface area contributed by atoms with Crippen molar-refractivity contribution >= 4 is 11.9 Å². The van der Waals surface area contributed by atoms with Gasteiger partial charge in [0.1, 0.15) is 0 Å². The zero-order chi connectivity index (χ0) is 11.7.